The summed E-state index contributed by atoms with van der Waals surface area (Å²) >= 11 is 3.82. The van der Waals surface area contributed by atoms with E-state index in [9.17, 15) is 0 Å². The van der Waals surface area contributed by atoms with Gasteiger partial charge < -0.3 is 18.6 Å². The Kier molecular flexibility index (Phi) is 11.2. The first kappa shape index (κ1) is 31.1. The average Bonchev–Trinajstić information content (AvgIpc) is 2.95. The summed E-state index contributed by atoms with van der Waals surface area (Å²) in [5.74, 6) is 0.218. The normalized spacial score (nSPS) is 23.7. The molecule has 3 aromatic rings. The minimum Gasteiger partial charge on any atom is -0.411 e. The molecular formula is C34H45BrO4Si. The SMILES string of the molecule is CC(C)(C)[Si](C)(C)O[C@@H]1CC(CBr)[C@H](OCc2ccccc2)[C@H](OCc2ccccc2)C1OCc1ccccc1. The number of rotatable bonds is 12. The smallest absolute Gasteiger partial charge is 0.192 e. The Balaban J connectivity index is 1.66. The fraction of sp³-hybridized carbons (Fsp3) is 0.471. The van der Waals surface area contributed by atoms with Gasteiger partial charge in [-0.05, 0) is 47.2 Å². The Bertz CT molecular complexity index is 1140. The van der Waals surface area contributed by atoms with Crippen LogP contribution in [-0.4, -0.2) is 38.1 Å². The third kappa shape index (κ3) is 8.37. The van der Waals surface area contributed by atoms with Gasteiger partial charge in [-0.15, -0.1) is 0 Å². The molecule has 0 N–H and O–H groups in total. The number of benzene rings is 3. The molecule has 0 saturated heterocycles. The van der Waals surface area contributed by atoms with Gasteiger partial charge in [-0.2, -0.15) is 0 Å². The minimum atomic E-state index is -2.09. The molecule has 0 bridgehead atoms. The molecule has 0 aliphatic heterocycles. The zero-order chi connectivity index (χ0) is 28.6. The van der Waals surface area contributed by atoms with Gasteiger partial charge in [0.2, 0.25) is 0 Å². The Morgan fingerprint density at radius 1 is 0.650 bits per heavy atom. The van der Waals surface area contributed by atoms with Gasteiger partial charge in [-0.1, -0.05) is 128 Å². The number of ether oxygens (including phenoxy) is 3. The van der Waals surface area contributed by atoms with E-state index in [1.54, 1.807) is 0 Å². The van der Waals surface area contributed by atoms with Crippen LogP contribution < -0.4 is 0 Å². The van der Waals surface area contributed by atoms with Gasteiger partial charge in [0.1, 0.15) is 12.2 Å². The molecule has 0 amide bonds. The molecular weight excluding hydrogens is 580 g/mol. The van der Waals surface area contributed by atoms with Crippen molar-refractivity contribution < 1.29 is 18.6 Å². The van der Waals surface area contributed by atoms with E-state index in [-0.39, 0.29) is 35.4 Å². The van der Waals surface area contributed by atoms with Gasteiger partial charge in [0, 0.05) is 5.33 Å². The largest absolute Gasteiger partial charge is 0.411 e. The van der Waals surface area contributed by atoms with Gasteiger partial charge in [-0.3, -0.25) is 0 Å². The topological polar surface area (TPSA) is 36.9 Å². The van der Waals surface area contributed by atoms with E-state index in [1.165, 1.54) is 0 Å². The van der Waals surface area contributed by atoms with Crippen LogP contribution in [0.15, 0.2) is 91.0 Å². The Hall–Kier alpha value is -1.80. The molecule has 1 fully saturated rings. The summed E-state index contributed by atoms with van der Waals surface area (Å²) in [5, 5.41) is 0.891. The molecule has 0 aromatic heterocycles. The molecule has 4 rings (SSSR count). The second kappa shape index (κ2) is 14.4. The molecule has 2 unspecified atom stereocenters. The predicted octanol–water partition coefficient (Wildman–Crippen LogP) is 8.55. The van der Waals surface area contributed by atoms with Crippen molar-refractivity contribution in [3.05, 3.63) is 108 Å². The number of halogens is 1. The third-order valence-corrected chi connectivity index (χ3v) is 13.7. The second-order valence-electron chi connectivity index (χ2n) is 12.4. The lowest BCUT2D eigenvalue weighted by atomic mass is 9.81. The third-order valence-electron chi connectivity index (χ3n) is 8.32. The summed E-state index contributed by atoms with van der Waals surface area (Å²) in [6.45, 7) is 13.0. The van der Waals surface area contributed by atoms with Crippen LogP contribution in [0.1, 0.15) is 43.9 Å². The summed E-state index contributed by atoms with van der Waals surface area (Å²) in [7, 11) is -2.09. The number of hydrogen-bond donors (Lipinski definition) is 0. The van der Waals surface area contributed by atoms with Crippen LogP contribution in [0, 0.1) is 5.92 Å². The highest BCUT2D eigenvalue weighted by atomic mass is 79.9. The van der Waals surface area contributed by atoms with Crippen LogP contribution in [0.4, 0.5) is 0 Å². The van der Waals surface area contributed by atoms with Crippen molar-refractivity contribution in [2.45, 2.75) is 89.6 Å². The summed E-state index contributed by atoms with van der Waals surface area (Å²) < 4.78 is 27.4. The molecule has 1 aliphatic carbocycles. The van der Waals surface area contributed by atoms with Crippen molar-refractivity contribution in [1.82, 2.24) is 0 Å². The molecule has 3 aromatic carbocycles. The summed E-state index contributed by atoms with van der Waals surface area (Å²) in [6, 6.07) is 31.1. The van der Waals surface area contributed by atoms with E-state index in [2.05, 4.69) is 123 Å². The van der Waals surface area contributed by atoms with E-state index in [1.807, 2.05) is 18.2 Å². The van der Waals surface area contributed by atoms with Gasteiger partial charge >= 0.3 is 0 Å². The Labute approximate surface area is 250 Å². The van der Waals surface area contributed by atoms with E-state index >= 15 is 0 Å². The van der Waals surface area contributed by atoms with Crippen molar-refractivity contribution >= 4 is 24.2 Å². The van der Waals surface area contributed by atoms with Crippen LogP contribution in [-0.2, 0) is 38.5 Å². The van der Waals surface area contributed by atoms with Crippen molar-refractivity contribution in [3.63, 3.8) is 0 Å². The van der Waals surface area contributed by atoms with Gasteiger partial charge in [0.05, 0.1) is 32.0 Å². The zero-order valence-electron chi connectivity index (χ0n) is 24.6. The fourth-order valence-corrected chi connectivity index (χ4v) is 6.95. The lowest BCUT2D eigenvalue weighted by molar-refractivity contribution is -0.213. The number of alkyl halides is 1. The predicted molar refractivity (Wildman–Crippen MR) is 169 cm³/mol. The molecule has 40 heavy (non-hydrogen) atoms. The first-order valence-corrected chi connectivity index (χ1v) is 18.4. The van der Waals surface area contributed by atoms with Crippen LogP contribution in [0.5, 0.6) is 0 Å². The zero-order valence-corrected chi connectivity index (χ0v) is 27.2. The molecule has 5 atom stereocenters. The Morgan fingerprint density at radius 3 is 1.45 bits per heavy atom. The molecule has 0 spiro atoms. The standard InChI is InChI=1S/C34H45BrO4Si/c1-34(2,3)40(4,5)39-30-21-29(22-35)31(36-23-26-15-9-6-10-16-26)33(38-25-28-19-13-8-14-20-28)32(30)37-24-27-17-11-7-12-18-27/h6-20,29-33H,21-25H2,1-5H3/t29?,30-,31+,32?,33+/m1/s1. The molecule has 0 radical (unpaired) electrons. The van der Waals surface area contributed by atoms with Crippen LogP contribution in [0.2, 0.25) is 18.1 Å². The van der Waals surface area contributed by atoms with Crippen LogP contribution >= 0.6 is 15.9 Å². The Morgan fingerprint density at radius 2 is 1.05 bits per heavy atom. The van der Waals surface area contributed by atoms with E-state index < -0.39 is 8.32 Å². The van der Waals surface area contributed by atoms with E-state index in [0.29, 0.717) is 19.8 Å². The maximum Gasteiger partial charge on any atom is 0.192 e. The summed E-state index contributed by atoms with van der Waals surface area (Å²) in [4.78, 5) is 0. The van der Waals surface area contributed by atoms with Crippen molar-refractivity contribution in [2.75, 3.05) is 5.33 Å². The van der Waals surface area contributed by atoms with Crippen LogP contribution in [0.25, 0.3) is 0 Å². The van der Waals surface area contributed by atoms with E-state index in [0.717, 1.165) is 28.4 Å². The highest BCUT2D eigenvalue weighted by Gasteiger charge is 2.50. The highest BCUT2D eigenvalue weighted by molar-refractivity contribution is 9.09. The van der Waals surface area contributed by atoms with Crippen LogP contribution in [0.3, 0.4) is 0 Å². The minimum absolute atomic E-state index is 0.0852. The maximum absolute atomic E-state index is 7.13. The molecule has 1 saturated carbocycles. The monoisotopic (exact) mass is 624 g/mol. The molecule has 216 valence electrons. The van der Waals surface area contributed by atoms with Crippen molar-refractivity contribution in [2.24, 2.45) is 5.92 Å². The maximum atomic E-state index is 7.13. The van der Waals surface area contributed by atoms with Crippen molar-refractivity contribution in [3.8, 4) is 0 Å². The highest BCUT2D eigenvalue weighted by Crippen LogP contribution is 2.42. The summed E-state index contributed by atoms with van der Waals surface area (Å²) in [5.41, 5.74) is 3.42. The van der Waals surface area contributed by atoms with Crippen molar-refractivity contribution in [1.29, 1.82) is 0 Å². The molecule has 6 heteroatoms. The number of hydrogen-bond acceptors (Lipinski definition) is 4. The molecule has 1 aliphatic rings. The molecule has 0 heterocycles. The first-order chi connectivity index (χ1) is 19.2. The van der Waals surface area contributed by atoms with Gasteiger partial charge in [0.15, 0.2) is 8.32 Å². The lowest BCUT2D eigenvalue weighted by Crippen LogP contribution is -2.60. The molecule has 4 nitrogen and oxygen atoms in total. The second-order valence-corrected chi connectivity index (χ2v) is 17.8. The summed E-state index contributed by atoms with van der Waals surface area (Å²) in [6.07, 6.45) is 0.0441. The van der Waals surface area contributed by atoms with Gasteiger partial charge in [0.25, 0.3) is 0 Å². The lowest BCUT2D eigenvalue weighted by Gasteiger charge is -2.49. The van der Waals surface area contributed by atoms with E-state index in [4.69, 9.17) is 18.6 Å². The average molecular weight is 626 g/mol. The first-order valence-electron chi connectivity index (χ1n) is 14.4. The quantitative estimate of drug-likeness (QED) is 0.149. The fourth-order valence-electron chi connectivity index (χ4n) is 4.98. The van der Waals surface area contributed by atoms with Gasteiger partial charge in [-0.25, -0.2) is 0 Å².